The standard InChI is InChI=1S/C12H16N2O3/c1-3-4-7-13-9-10-8-11(14(15)16)5-6-12(10)17-2/h3,5-6,8,13H,1,4,7,9H2,2H3. The van der Waals surface area contributed by atoms with E-state index < -0.39 is 4.92 Å². The van der Waals surface area contributed by atoms with Crippen molar-refractivity contribution in [1.82, 2.24) is 5.32 Å². The van der Waals surface area contributed by atoms with Gasteiger partial charge in [-0.15, -0.1) is 6.58 Å². The third-order valence-electron chi connectivity index (χ3n) is 2.32. The van der Waals surface area contributed by atoms with E-state index in [1.165, 1.54) is 12.1 Å². The van der Waals surface area contributed by atoms with E-state index in [-0.39, 0.29) is 5.69 Å². The molecular weight excluding hydrogens is 220 g/mol. The van der Waals surface area contributed by atoms with Gasteiger partial charge in [-0.25, -0.2) is 0 Å². The van der Waals surface area contributed by atoms with Gasteiger partial charge in [0.05, 0.1) is 12.0 Å². The van der Waals surface area contributed by atoms with Gasteiger partial charge in [-0.3, -0.25) is 10.1 Å². The number of rotatable bonds is 7. The van der Waals surface area contributed by atoms with Crippen molar-refractivity contribution < 1.29 is 9.66 Å². The van der Waals surface area contributed by atoms with E-state index in [1.807, 2.05) is 6.08 Å². The first-order chi connectivity index (χ1) is 8.19. The van der Waals surface area contributed by atoms with Crippen LogP contribution in [0.4, 0.5) is 5.69 Å². The summed E-state index contributed by atoms with van der Waals surface area (Å²) in [6.45, 7) is 4.95. The van der Waals surface area contributed by atoms with Gasteiger partial charge < -0.3 is 10.1 Å². The smallest absolute Gasteiger partial charge is 0.270 e. The second-order valence-corrected chi connectivity index (χ2v) is 3.51. The number of ether oxygens (including phenoxy) is 1. The average Bonchev–Trinajstić information content (AvgIpc) is 2.34. The molecular formula is C12H16N2O3. The lowest BCUT2D eigenvalue weighted by molar-refractivity contribution is -0.384. The molecule has 0 aliphatic rings. The summed E-state index contributed by atoms with van der Waals surface area (Å²) in [6.07, 6.45) is 2.68. The Morgan fingerprint density at radius 2 is 2.35 bits per heavy atom. The van der Waals surface area contributed by atoms with Crippen LogP contribution in [0, 0.1) is 10.1 Å². The van der Waals surface area contributed by atoms with Gasteiger partial charge >= 0.3 is 0 Å². The van der Waals surface area contributed by atoms with E-state index in [1.54, 1.807) is 13.2 Å². The monoisotopic (exact) mass is 236 g/mol. The molecule has 1 N–H and O–H groups in total. The van der Waals surface area contributed by atoms with Crippen molar-refractivity contribution in [1.29, 1.82) is 0 Å². The molecule has 1 aromatic carbocycles. The number of hydrogen-bond acceptors (Lipinski definition) is 4. The molecule has 5 nitrogen and oxygen atoms in total. The van der Waals surface area contributed by atoms with Crippen molar-refractivity contribution in [3.63, 3.8) is 0 Å². The summed E-state index contributed by atoms with van der Waals surface area (Å²) in [4.78, 5) is 10.3. The normalized spacial score (nSPS) is 9.94. The highest BCUT2D eigenvalue weighted by Crippen LogP contribution is 2.23. The molecule has 0 fully saturated rings. The minimum absolute atomic E-state index is 0.0753. The predicted molar refractivity (Wildman–Crippen MR) is 66.2 cm³/mol. The van der Waals surface area contributed by atoms with Crippen LogP contribution in [0.25, 0.3) is 0 Å². The Hall–Kier alpha value is -1.88. The number of nitrogens with zero attached hydrogens (tertiary/aromatic N) is 1. The summed E-state index contributed by atoms with van der Waals surface area (Å²) in [7, 11) is 1.55. The van der Waals surface area contributed by atoms with E-state index in [0.717, 1.165) is 18.5 Å². The zero-order valence-electron chi connectivity index (χ0n) is 9.81. The van der Waals surface area contributed by atoms with Gasteiger partial charge in [-0.05, 0) is 19.0 Å². The van der Waals surface area contributed by atoms with Gasteiger partial charge in [0.2, 0.25) is 0 Å². The number of methoxy groups -OCH3 is 1. The van der Waals surface area contributed by atoms with Gasteiger partial charge in [0.1, 0.15) is 5.75 Å². The third-order valence-corrected chi connectivity index (χ3v) is 2.32. The highest BCUT2D eigenvalue weighted by atomic mass is 16.6. The number of hydrogen-bond donors (Lipinski definition) is 1. The molecule has 0 radical (unpaired) electrons. The van der Waals surface area contributed by atoms with Crippen LogP contribution in [0.2, 0.25) is 0 Å². The number of nitrogens with one attached hydrogen (secondary N) is 1. The summed E-state index contributed by atoms with van der Waals surface area (Å²) < 4.78 is 5.15. The third kappa shape index (κ3) is 3.88. The summed E-state index contributed by atoms with van der Waals surface area (Å²) in [5.41, 5.74) is 0.858. The van der Waals surface area contributed by atoms with Gasteiger partial charge in [-0.1, -0.05) is 6.08 Å². The molecule has 1 rings (SSSR count). The molecule has 0 aliphatic heterocycles. The lowest BCUT2D eigenvalue weighted by Gasteiger charge is -2.08. The van der Waals surface area contributed by atoms with Gasteiger partial charge in [0.25, 0.3) is 5.69 Å². The van der Waals surface area contributed by atoms with E-state index >= 15 is 0 Å². The van der Waals surface area contributed by atoms with Crippen LogP contribution in [0.5, 0.6) is 5.75 Å². The molecule has 1 aromatic rings. The van der Waals surface area contributed by atoms with Crippen LogP contribution in [0.3, 0.4) is 0 Å². The molecule has 17 heavy (non-hydrogen) atoms. The average molecular weight is 236 g/mol. The zero-order valence-corrected chi connectivity index (χ0v) is 9.81. The fraction of sp³-hybridized carbons (Fsp3) is 0.333. The molecule has 0 saturated carbocycles. The maximum atomic E-state index is 10.7. The summed E-state index contributed by atoms with van der Waals surface area (Å²) in [5, 5.41) is 13.8. The summed E-state index contributed by atoms with van der Waals surface area (Å²) in [6, 6.07) is 4.58. The van der Waals surface area contributed by atoms with Crippen molar-refractivity contribution in [2.45, 2.75) is 13.0 Å². The van der Waals surface area contributed by atoms with Crippen molar-refractivity contribution in [2.24, 2.45) is 0 Å². The summed E-state index contributed by atoms with van der Waals surface area (Å²) in [5.74, 6) is 0.654. The topological polar surface area (TPSA) is 64.4 Å². The number of benzene rings is 1. The summed E-state index contributed by atoms with van der Waals surface area (Å²) >= 11 is 0. The second kappa shape index (κ2) is 6.65. The minimum Gasteiger partial charge on any atom is -0.496 e. The van der Waals surface area contributed by atoms with Gasteiger partial charge in [-0.2, -0.15) is 0 Å². The van der Waals surface area contributed by atoms with Crippen LogP contribution in [-0.4, -0.2) is 18.6 Å². The van der Waals surface area contributed by atoms with E-state index in [9.17, 15) is 10.1 Å². The van der Waals surface area contributed by atoms with Crippen molar-refractivity contribution in [2.75, 3.05) is 13.7 Å². The molecule has 0 aliphatic carbocycles. The van der Waals surface area contributed by atoms with E-state index in [0.29, 0.717) is 12.3 Å². The molecule has 0 unspecified atom stereocenters. The Labute approximate surface area is 100 Å². The van der Waals surface area contributed by atoms with E-state index in [2.05, 4.69) is 11.9 Å². The second-order valence-electron chi connectivity index (χ2n) is 3.51. The molecule has 0 spiro atoms. The maximum Gasteiger partial charge on any atom is 0.270 e. The first-order valence-electron chi connectivity index (χ1n) is 5.32. The Morgan fingerprint density at radius 1 is 1.59 bits per heavy atom. The SMILES string of the molecule is C=CCCNCc1cc([N+](=O)[O-])ccc1OC. The number of nitro groups is 1. The number of nitro benzene ring substituents is 1. The van der Waals surface area contributed by atoms with Crippen LogP contribution in [0.1, 0.15) is 12.0 Å². The largest absolute Gasteiger partial charge is 0.496 e. The quantitative estimate of drug-likeness (QED) is 0.341. The Balaban J connectivity index is 2.75. The zero-order chi connectivity index (χ0) is 12.7. The molecule has 0 atom stereocenters. The van der Waals surface area contributed by atoms with Crippen molar-refractivity contribution in [3.8, 4) is 5.75 Å². The molecule has 0 bridgehead atoms. The molecule has 0 heterocycles. The van der Waals surface area contributed by atoms with Crippen LogP contribution >= 0.6 is 0 Å². The molecule has 0 amide bonds. The fourth-order valence-corrected chi connectivity index (χ4v) is 1.44. The van der Waals surface area contributed by atoms with Crippen LogP contribution in [-0.2, 0) is 6.54 Å². The van der Waals surface area contributed by atoms with Gasteiger partial charge in [0, 0.05) is 24.2 Å². The first kappa shape index (κ1) is 13.2. The van der Waals surface area contributed by atoms with Crippen molar-refractivity contribution in [3.05, 3.63) is 46.5 Å². The van der Waals surface area contributed by atoms with Crippen molar-refractivity contribution >= 4 is 5.69 Å². The predicted octanol–water partition coefficient (Wildman–Crippen LogP) is 2.27. The molecule has 5 heteroatoms. The Bertz CT molecular complexity index is 405. The minimum atomic E-state index is -0.410. The van der Waals surface area contributed by atoms with Crippen LogP contribution in [0.15, 0.2) is 30.9 Å². The highest BCUT2D eigenvalue weighted by Gasteiger charge is 2.10. The van der Waals surface area contributed by atoms with E-state index in [4.69, 9.17) is 4.74 Å². The fourth-order valence-electron chi connectivity index (χ4n) is 1.44. The first-order valence-corrected chi connectivity index (χ1v) is 5.32. The molecule has 0 aromatic heterocycles. The number of non-ortho nitro benzene ring substituents is 1. The van der Waals surface area contributed by atoms with Gasteiger partial charge in [0.15, 0.2) is 0 Å². The lowest BCUT2D eigenvalue weighted by atomic mass is 10.1. The maximum absolute atomic E-state index is 10.7. The highest BCUT2D eigenvalue weighted by molar-refractivity contribution is 5.43. The Morgan fingerprint density at radius 3 is 2.94 bits per heavy atom. The molecule has 92 valence electrons. The Kier molecular flexibility index (Phi) is 5.16. The molecule has 0 saturated heterocycles. The lowest BCUT2D eigenvalue weighted by Crippen LogP contribution is -2.14. The van der Waals surface area contributed by atoms with Crippen LogP contribution < -0.4 is 10.1 Å².